The molecule has 0 aliphatic carbocycles. The van der Waals surface area contributed by atoms with Crippen molar-refractivity contribution in [1.29, 1.82) is 0 Å². The van der Waals surface area contributed by atoms with Gasteiger partial charge in [0.05, 0.1) is 75.3 Å². The van der Waals surface area contributed by atoms with Gasteiger partial charge in [-0.25, -0.2) is 9.59 Å². The molecule has 5 fully saturated rings. The minimum Gasteiger partial charge on any atom is -0.475 e. The molecule has 30 atom stereocenters. The largest absolute Gasteiger partial charge is 0.475 e. The van der Waals surface area contributed by atoms with Crippen LogP contribution in [0.25, 0.3) is 0 Å². The van der Waals surface area contributed by atoms with E-state index in [-0.39, 0.29) is 150 Å². The lowest BCUT2D eigenvalue weighted by molar-refractivity contribution is -0.300. The van der Waals surface area contributed by atoms with Gasteiger partial charge in [-0.1, -0.05) is 104 Å². The fourth-order valence-electron chi connectivity index (χ4n) is 13.3. The second-order valence-corrected chi connectivity index (χ2v) is 26.1. The van der Waals surface area contributed by atoms with Crippen LogP contribution in [-0.4, -0.2) is 129 Å². The first-order chi connectivity index (χ1) is 36.5. The van der Waals surface area contributed by atoms with Gasteiger partial charge >= 0.3 is 11.9 Å². The van der Waals surface area contributed by atoms with Crippen LogP contribution in [0.1, 0.15) is 145 Å². The topological polar surface area (TPSA) is 185 Å². The van der Waals surface area contributed by atoms with Gasteiger partial charge in [0.2, 0.25) is 24.1 Å². The maximum Gasteiger partial charge on any atom is 0.370 e. The molecule has 7 rings (SSSR count). The lowest BCUT2D eigenvalue weighted by atomic mass is 9.75. The Hall–Kier alpha value is -2.38. The van der Waals surface area contributed by atoms with Crippen molar-refractivity contribution in [2.24, 2.45) is 107 Å². The molecular formula is C62H106O16. The van der Waals surface area contributed by atoms with E-state index in [0.717, 1.165) is 0 Å². The number of hydrogen-bond acceptors (Lipinski definition) is 14. The molecule has 16 nitrogen and oxygen atoms in total. The molecule has 0 saturated carbocycles. The van der Waals surface area contributed by atoms with Crippen molar-refractivity contribution in [2.45, 2.75) is 226 Å². The van der Waals surface area contributed by atoms with Gasteiger partial charge < -0.3 is 67.1 Å². The molecule has 0 spiro atoms. The van der Waals surface area contributed by atoms with E-state index in [1.54, 1.807) is 12.2 Å². The van der Waals surface area contributed by atoms with Crippen LogP contribution in [0.15, 0.2) is 23.7 Å². The summed E-state index contributed by atoms with van der Waals surface area (Å²) < 4.78 is 75.4. The quantitative estimate of drug-likeness (QED) is 0.140. The smallest absolute Gasteiger partial charge is 0.370 e. The lowest BCUT2D eigenvalue weighted by Crippen LogP contribution is -2.53. The summed E-state index contributed by atoms with van der Waals surface area (Å²) in [5.74, 6) is 1.93. The Morgan fingerprint density at radius 3 is 1.18 bits per heavy atom. The van der Waals surface area contributed by atoms with E-state index in [4.69, 9.17) is 56.8 Å². The third kappa shape index (κ3) is 14.9. The molecule has 7 aliphatic rings. The molecule has 7 aliphatic heterocycles. The van der Waals surface area contributed by atoms with E-state index >= 15 is 0 Å². The summed E-state index contributed by atoms with van der Waals surface area (Å²) in [6.45, 7) is 47.1. The highest BCUT2D eigenvalue weighted by atomic mass is 16.7. The van der Waals surface area contributed by atoms with Crippen LogP contribution in [0, 0.1) is 107 Å². The molecule has 450 valence electrons. The second-order valence-electron chi connectivity index (χ2n) is 26.1. The summed E-state index contributed by atoms with van der Waals surface area (Å²) in [7, 11) is 0. The summed E-state index contributed by atoms with van der Waals surface area (Å²) >= 11 is 0. The molecular weight excluding hydrogens is 1000 g/mol. The van der Waals surface area contributed by atoms with Crippen molar-refractivity contribution in [3.63, 3.8) is 0 Å². The van der Waals surface area contributed by atoms with Gasteiger partial charge in [0.15, 0.2) is 18.9 Å². The van der Waals surface area contributed by atoms with Gasteiger partial charge in [0.1, 0.15) is 0 Å². The molecule has 16 heteroatoms. The van der Waals surface area contributed by atoms with Crippen molar-refractivity contribution in [2.75, 3.05) is 26.4 Å². The normalized spacial score (nSPS) is 47.9. The summed E-state index contributed by atoms with van der Waals surface area (Å²) in [5.41, 5.74) is 0. The predicted octanol–water partition coefficient (Wildman–Crippen LogP) is 11.3. The summed E-state index contributed by atoms with van der Waals surface area (Å²) in [4.78, 5) is 23.1. The molecule has 0 radical (unpaired) electrons. The van der Waals surface area contributed by atoms with Crippen LogP contribution in [0.2, 0.25) is 0 Å². The number of carbonyl (C=O) groups is 2. The van der Waals surface area contributed by atoms with Crippen LogP contribution < -0.4 is 0 Å². The minimum absolute atomic E-state index is 0.00632. The number of ether oxygens (including phenoxy) is 12. The van der Waals surface area contributed by atoms with Gasteiger partial charge in [-0.2, -0.15) is 0 Å². The first kappa shape index (κ1) is 64.8. The third-order valence-corrected chi connectivity index (χ3v) is 20.8. The number of aliphatic carboxylic acids is 2. The third-order valence-electron chi connectivity index (χ3n) is 20.8. The van der Waals surface area contributed by atoms with Gasteiger partial charge in [0.25, 0.3) is 0 Å². The van der Waals surface area contributed by atoms with E-state index < -0.39 is 24.5 Å². The van der Waals surface area contributed by atoms with Crippen LogP contribution >= 0.6 is 0 Å². The van der Waals surface area contributed by atoms with Gasteiger partial charge in [-0.3, -0.25) is 0 Å². The standard InChI is InChI=1S/C35H60O9.C27H46O7/c1-16(2)30-19(5)22(8)35(43-30)44-31-20(6)21(7)34(41-26(31)12)38-14-27-23(9)24(10)40-25(11)28(27)15-39-33-18(4)17(3)13-29(42-33)32(36)37;1-13-10-24(25(28)29)34-26(14(13)2)31-12-23-21(9)32-20(8)18(6)22(23)11-30-27-17(5)15(3)16(4)19(7)33-27/h13,16-28,30-31,33-35H,14-15H2,1-12H3,(H,36,37);10,13-23,26-27H,11-12H2,1-9H3,(H,28,29)/t17-,18?,19-,20-,21?,22?,23-,24?,25?,26?,27-,28?,30-,31+,33-,34-,35+;13-,14?,15+,16+,17?,18-,19?,20?,21?,22-,23?,26-,27-/m11/s1. The van der Waals surface area contributed by atoms with Crippen LogP contribution in [0.4, 0.5) is 0 Å². The molecule has 0 amide bonds. The first-order valence-corrected chi connectivity index (χ1v) is 30.2. The molecule has 78 heavy (non-hydrogen) atoms. The fraction of sp³-hybridized carbons (Fsp3) is 0.903. The van der Waals surface area contributed by atoms with E-state index in [2.05, 4.69) is 118 Å². The van der Waals surface area contributed by atoms with Gasteiger partial charge in [-0.05, 0) is 119 Å². The fourth-order valence-corrected chi connectivity index (χ4v) is 13.3. The van der Waals surface area contributed by atoms with Crippen molar-refractivity contribution < 1.29 is 76.6 Å². The van der Waals surface area contributed by atoms with E-state index in [1.807, 2.05) is 27.7 Å². The van der Waals surface area contributed by atoms with Crippen molar-refractivity contribution in [3.05, 3.63) is 23.7 Å². The number of hydrogen-bond donors (Lipinski definition) is 2. The zero-order valence-electron chi connectivity index (χ0n) is 51.5. The second kappa shape index (κ2) is 27.8. The number of carboxylic acid groups (broad SMARTS) is 2. The Bertz CT molecular complexity index is 1980. The molecule has 5 saturated heterocycles. The number of carboxylic acids is 2. The van der Waals surface area contributed by atoms with Crippen LogP contribution in [0.3, 0.4) is 0 Å². The molecule has 13 unspecified atom stereocenters. The Labute approximate surface area is 469 Å². The number of allylic oxidation sites excluding steroid dienone is 2. The van der Waals surface area contributed by atoms with E-state index in [9.17, 15) is 19.8 Å². The Morgan fingerprint density at radius 2 is 0.769 bits per heavy atom. The highest BCUT2D eigenvalue weighted by Gasteiger charge is 2.49. The highest BCUT2D eigenvalue weighted by Crippen LogP contribution is 2.44. The van der Waals surface area contributed by atoms with Crippen molar-refractivity contribution in [1.82, 2.24) is 0 Å². The van der Waals surface area contributed by atoms with Crippen molar-refractivity contribution >= 4 is 11.9 Å². The zero-order valence-corrected chi connectivity index (χ0v) is 51.5. The average molecular weight is 1110 g/mol. The molecule has 0 bridgehead atoms. The predicted molar refractivity (Wildman–Crippen MR) is 295 cm³/mol. The van der Waals surface area contributed by atoms with Gasteiger partial charge in [-0.15, -0.1) is 0 Å². The Kier molecular flexibility index (Phi) is 23.1. The lowest BCUT2D eigenvalue weighted by Gasteiger charge is -2.47. The van der Waals surface area contributed by atoms with Crippen LogP contribution in [0.5, 0.6) is 0 Å². The minimum atomic E-state index is -1.07. The van der Waals surface area contributed by atoms with Gasteiger partial charge in [0, 0.05) is 41.4 Å². The SMILES string of the molecule is CC1OC(C)[C@@H](C)[C@@H](CO[C@@H]2OC(C)[C@@H](C)[C@H](C)C2C)C1CO[C@@H]1OC(C(=O)O)=C[C@@H](C)C1C.CC1OC(C)[C@@H](C)[C@@H](CO[C@@H]2OC(C)[C@@H](O[C@@H]3O[C@H](C(C)C)[C@H](C)C3C)[C@H](C)C2C)C1CO[C@@H]1OC(C(=O)O)=C[C@@H](C)C1C. The zero-order chi connectivity index (χ0) is 57.9. The van der Waals surface area contributed by atoms with E-state index in [1.165, 1.54) is 0 Å². The molecule has 7 heterocycles. The average Bonchev–Trinajstić information content (AvgIpc) is 3.67. The van der Waals surface area contributed by atoms with Crippen molar-refractivity contribution in [3.8, 4) is 0 Å². The summed E-state index contributed by atoms with van der Waals surface area (Å²) in [6, 6.07) is 0. The van der Waals surface area contributed by atoms with Crippen LogP contribution in [-0.2, 0) is 66.4 Å². The molecule has 0 aromatic heterocycles. The highest BCUT2D eigenvalue weighted by molar-refractivity contribution is 5.84. The van der Waals surface area contributed by atoms with E-state index in [0.29, 0.717) is 61.9 Å². The Morgan fingerprint density at radius 1 is 0.397 bits per heavy atom. The molecule has 2 N–H and O–H groups in total. The number of rotatable bonds is 17. The maximum atomic E-state index is 11.6. The molecule has 0 aromatic rings. The summed E-state index contributed by atoms with van der Waals surface area (Å²) in [5, 5.41) is 18.9. The monoisotopic (exact) mass is 1110 g/mol. The Balaban J connectivity index is 0.000000261. The summed E-state index contributed by atoms with van der Waals surface area (Å²) in [6.07, 6.45) is 1.60. The molecule has 0 aromatic carbocycles. The first-order valence-electron chi connectivity index (χ1n) is 30.2. The maximum absolute atomic E-state index is 11.6.